The van der Waals surface area contributed by atoms with Crippen molar-refractivity contribution in [3.63, 3.8) is 0 Å². The molecule has 0 aliphatic carbocycles. The van der Waals surface area contributed by atoms with Crippen LogP contribution in [-0.2, 0) is 6.42 Å². The van der Waals surface area contributed by atoms with Gasteiger partial charge in [-0.15, -0.1) is 10.2 Å². The maximum Gasteiger partial charge on any atom is 0.274 e. The van der Waals surface area contributed by atoms with E-state index in [9.17, 15) is 4.79 Å². The van der Waals surface area contributed by atoms with Crippen LogP contribution in [0, 0.1) is 13.8 Å². The fraction of sp³-hybridized carbons (Fsp3) is 0.211. The van der Waals surface area contributed by atoms with Crippen LogP contribution in [0.3, 0.4) is 0 Å². The van der Waals surface area contributed by atoms with Gasteiger partial charge < -0.3 is 10.1 Å². The quantitative estimate of drug-likeness (QED) is 0.748. The molecule has 0 aliphatic rings. The van der Waals surface area contributed by atoms with E-state index < -0.39 is 0 Å². The highest BCUT2D eigenvalue weighted by atomic mass is 16.5. The van der Waals surface area contributed by atoms with Crippen LogP contribution in [0.5, 0.6) is 5.75 Å². The second-order valence-electron chi connectivity index (χ2n) is 5.94. The lowest BCUT2D eigenvalue weighted by Crippen LogP contribution is -2.19. The smallest absolute Gasteiger partial charge is 0.274 e. The van der Waals surface area contributed by atoms with Crippen molar-refractivity contribution in [2.75, 3.05) is 12.4 Å². The molecule has 0 unspecified atom stereocenters. The lowest BCUT2D eigenvalue weighted by Gasteiger charge is -2.11. The summed E-state index contributed by atoms with van der Waals surface area (Å²) in [5.74, 6) is 0.943. The van der Waals surface area contributed by atoms with Crippen molar-refractivity contribution in [1.29, 1.82) is 0 Å². The Hall–Kier alpha value is -3.15. The molecule has 1 heterocycles. The number of hydrogen-bond acceptors (Lipinski definition) is 5. The lowest BCUT2D eigenvalue weighted by atomic mass is 10.1. The van der Waals surface area contributed by atoms with Crippen molar-refractivity contribution in [3.8, 4) is 5.75 Å². The van der Waals surface area contributed by atoms with Gasteiger partial charge in [0.05, 0.1) is 12.8 Å². The molecule has 0 spiro atoms. The van der Waals surface area contributed by atoms with Gasteiger partial charge in [-0.05, 0) is 37.1 Å². The van der Waals surface area contributed by atoms with Gasteiger partial charge in [0.2, 0.25) is 5.95 Å². The predicted molar refractivity (Wildman–Crippen MR) is 97.7 cm³/mol. The Kier molecular flexibility index (Phi) is 4.79. The van der Waals surface area contributed by atoms with E-state index in [-0.39, 0.29) is 11.5 Å². The van der Waals surface area contributed by atoms with Gasteiger partial charge in [-0.2, -0.15) is 0 Å². The highest BCUT2D eigenvalue weighted by molar-refractivity contribution is 5.63. The van der Waals surface area contributed by atoms with Crippen LogP contribution in [0.25, 0.3) is 0 Å². The Bertz CT molecular complexity index is 933. The molecule has 2 aromatic carbocycles. The van der Waals surface area contributed by atoms with Crippen molar-refractivity contribution in [2.24, 2.45) is 0 Å². The van der Waals surface area contributed by atoms with Gasteiger partial charge in [0.25, 0.3) is 5.56 Å². The number of anilines is 2. The zero-order chi connectivity index (χ0) is 17.8. The molecule has 0 aliphatic heterocycles. The highest BCUT2D eigenvalue weighted by Gasteiger charge is 2.09. The zero-order valence-electron chi connectivity index (χ0n) is 14.5. The first-order valence-corrected chi connectivity index (χ1v) is 7.98. The number of aromatic nitrogens is 3. The minimum atomic E-state index is -0.260. The Labute approximate surface area is 145 Å². The maximum atomic E-state index is 12.3. The third-order valence-electron chi connectivity index (χ3n) is 3.86. The van der Waals surface area contributed by atoms with E-state index in [1.165, 1.54) is 5.56 Å². The van der Waals surface area contributed by atoms with Crippen LogP contribution in [0.4, 0.5) is 11.6 Å². The van der Waals surface area contributed by atoms with Gasteiger partial charge in [0, 0.05) is 6.42 Å². The topological polar surface area (TPSA) is 79.9 Å². The number of aromatic amines is 1. The Morgan fingerprint density at radius 2 is 1.76 bits per heavy atom. The van der Waals surface area contributed by atoms with E-state index in [0.717, 1.165) is 16.8 Å². The van der Waals surface area contributed by atoms with Crippen molar-refractivity contribution in [3.05, 3.63) is 75.2 Å². The van der Waals surface area contributed by atoms with Crippen molar-refractivity contribution in [2.45, 2.75) is 20.3 Å². The minimum absolute atomic E-state index is 0.260. The molecule has 1 aromatic heterocycles. The summed E-state index contributed by atoms with van der Waals surface area (Å²) in [6.45, 7) is 4.00. The number of aryl methyl sites for hydroxylation is 2. The molecule has 6 heteroatoms. The number of ether oxygens (including phenoxy) is 1. The Morgan fingerprint density at radius 1 is 1.04 bits per heavy atom. The fourth-order valence-corrected chi connectivity index (χ4v) is 2.48. The van der Waals surface area contributed by atoms with E-state index >= 15 is 0 Å². The van der Waals surface area contributed by atoms with E-state index in [2.05, 4.69) is 20.5 Å². The largest absolute Gasteiger partial charge is 0.495 e. The third-order valence-corrected chi connectivity index (χ3v) is 3.86. The van der Waals surface area contributed by atoms with Crippen molar-refractivity contribution < 1.29 is 4.74 Å². The molecular formula is C19H20N4O2. The minimum Gasteiger partial charge on any atom is -0.495 e. The molecule has 3 rings (SSSR count). The van der Waals surface area contributed by atoms with Gasteiger partial charge >= 0.3 is 0 Å². The highest BCUT2D eigenvalue weighted by Crippen LogP contribution is 2.26. The number of hydrogen-bond donors (Lipinski definition) is 2. The first-order valence-electron chi connectivity index (χ1n) is 7.98. The normalized spacial score (nSPS) is 10.5. The molecule has 6 nitrogen and oxygen atoms in total. The average Bonchev–Trinajstić information content (AvgIpc) is 2.59. The number of benzene rings is 2. The summed E-state index contributed by atoms with van der Waals surface area (Å²) in [4.78, 5) is 15.0. The SMILES string of the molecule is COc1ccc(C)cc1Nc1nnc(Cc2ccc(C)cc2)c(=O)[nH]1. The van der Waals surface area contributed by atoms with Crippen LogP contribution >= 0.6 is 0 Å². The number of methoxy groups -OCH3 is 1. The summed E-state index contributed by atoms with van der Waals surface area (Å²) in [6, 6.07) is 13.7. The molecule has 0 fully saturated rings. The van der Waals surface area contributed by atoms with Crippen LogP contribution < -0.4 is 15.6 Å². The zero-order valence-corrected chi connectivity index (χ0v) is 14.5. The number of rotatable bonds is 5. The molecule has 0 bridgehead atoms. The molecule has 3 aromatic rings. The van der Waals surface area contributed by atoms with Gasteiger partial charge in [0.1, 0.15) is 11.4 Å². The summed E-state index contributed by atoms with van der Waals surface area (Å²) in [6.07, 6.45) is 0.441. The molecule has 25 heavy (non-hydrogen) atoms. The van der Waals surface area contributed by atoms with E-state index in [4.69, 9.17) is 4.74 Å². The molecule has 0 amide bonds. The van der Waals surface area contributed by atoms with Crippen LogP contribution in [-0.4, -0.2) is 22.3 Å². The average molecular weight is 336 g/mol. The molecule has 0 saturated heterocycles. The molecular weight excluding hydrogens is 316 g/mol. The number of nitrogens with one attached hydrogen (secondary N) is 2. The fourth-order valence-electron chi connectivity index (χ4n) is 2.48. The molecule has 0 saturated carbocycles. The van der Waals surface area contributed by atoms with E-state index in [0.29, 0.717) is 17.9 Å². The Morgan fingerprint density at radius 3 is 2.44 bits per heavy atom. The molecule has 2 N–H and O–H groups in total. The first-order chi connectivity index (χ1) is 12.0. The maximum absolute atomic E-state index is 12.3. The van der Waals surface area contributed by atoms with Gasteiger partial charge in [0.15, 0.2) is 0 Å². The Balaban J connectivity index is 1.81. The van der Waals surface area contributed by atoms with Gasteiger partial charge in [-0.1, -0.05) is 35.9 Å². The second kappa shape index (κ2) is 7.17. The van der Waals surface area contributed by atoms with Crippen LogP contribution in [0.15, 0.2) is 47.3 Å². The summed E-state index contributed by atoms with van der Waals surface area (Å²) >= 11 is 0. The summed E-state index contributed by atoms with van der Waals surface area (Å²) in [7, 11) is 1.59. The van der Waals surface area contributed by atoms with Crippen LogP contribution in [0.2, 0.25) is 0 Å². The van der Waals surface area contributed by atoms with Crippen molar-refractivity contribution in [1.82, 2.24) is 15.2 Å². The standard InChI is InChI=1S/C19H20N4O2/c1-12-4-7-14(8-5-12)11-16-18(24)21-19(23-22-16)20-15-10-13(2)6-9-17(15)25-3/h4-10H,11H2,1-3H3,(H2,20,21,23,24). The van der Waals surface area contributed by atoms with Gasteiger partial charge in [-0.25, -0.2) is 0 Å². The first kappa shape index (κ1) is 16.7. The summed E-state index contributed by atoms with van der Waals surface area (Å²) in [5, 5.41) is 11.2. The van der Waals surface area contributed by atoms with Gasteiger partial charge in [-0.3, -0.25) is 9.78 Å². The lowest BCUT2D eigenvalue weighted by molar-refractivity contribution is 0.416. The summed E-state index contributed by atoms with van der Waals surface area (Å²) in [5.41, 5.74) is 4.10. The molecule has 0 atom stereocenters. The van der Waals surface area contributed by atoms with E-state index in [1.54, 1.807) is 7.11 Å². The second-order valence-corrected chi connectivity index (χ2v) is 5.94. The van der Waals surface area contributed by atoms with Crippen molar-refractivity contribution >= 4 is 11.6 Å². The summed E-state index contributed by atoms with van der Waals surface area (Å²) < 4.78 is 5.31. The monoisotopic (exact) mass is 336 g/mol. The molecule has 0 radical (unpaired) electrons. The third kappa shape index (κ3) is 4.03. The van der Waals surface area contributed by atoms with E-state index in [1.807, 2.05) is 56.3 Å². The van der Waals surface area contributed by atoms with Crippen LogP contribution in [0.1, 0.15) is 22.4 Å². The predicted octanol–water partition coefficient (Wildman–Crippen LogP) is 3.12. The number of nitrogens with zero attached hydrogens (tertiary/aromatic N) is 2. The molecule has 128 valence electrons. The number of H-pyrrole nitrogens is 1.